The van der Waals surface area contributed by atoms with Crippen LogP contribution in [-0.2, 0) is 11.3 Å². The molecule has 126 valence electrons. The number of nitrogens with zero attached hydrogens (tertiary/aromatic N) is 2. The predicted octanol–water partition coefficient (Wildman–Crippen LogP) is 2.37. The van der Waals surface area contributed by atoms with Crippen LogP contribution in [0.1, 0.15) is 49.0 Å². The Morgan fingerprint density at radius 3 is 2.88 bits per heavy atom. The quantitative estimate of drug-likeness (QED) is 0.858. The predicted molar refractivity (Wildman–Crippen MR) is 92.6 cm³/mol. The highest BCUT2D eigenvalue weighted by atomic mass is 16.2. The number of benzene rings is 1. The second kappa shape index (κ2) is 6.77. The number of fused-ring (bicyclic) bond motifs is 1. The molecule has 2 N–H and O–H groups in total. The Morgan fingerprint density at radius 1 is 1.25 bits per heavy atom. The minimum absolute atomic E-state index is 0.0860. The van der Waals surface area contributed by atoms with Gasteiger partial charge in [-0.05, 0) is 31.2 Å². The van der Waals surface area contributed by atoms with Gasteiger partial charge in [-0.2, -0.15) is 0 Å². The summed E-state index contributed by atoms with van der Waals surface area (Å²) in [4.78, 5) is 17.2. The monoisotopic (exact) mass is 324 g/mol. The second-order valence-corrected chi connectivity index (χ2v) is 6.85. The van der Waals surface area contributed by atoms with Gasteiger partial charge in [0.05, 0.1) is 0 Å². The Kier molecular flexibility index (Phi) is 4.34. The van der Waals surface area contributed by atoms with Crippen LogP contribution in [0.3, 0.4) is 0 Å². The van der Waals surface area contributed by atoms with Gasteiger partial charge in [0, 0.05) is 37.4 Å². The molecule has 2 atom stereocenters. The largest absolute Gasteiger partial charge is 0.352 e. The first-order valence-corrected chi connectivity index (χ1v) is 8.91. The van der Waals surface area contributed by atoms with E-state index in [1.165, 1.54) is 6.42 Å². The van der Waals surface area contributed by atoms with E-state index in [0.29, 0.717) is 12.0 Å². The van der Waals surface area contributed by atoms with E-state index in [2.05, 4.69) is 26.4 Å². The van der Waals surface area contributed by atoms with Crippen molar-refractivity contribution in [2.24, 2.45) is 0 Å². The van der Waals surface area contributed by atoms with Gasteiger partial charge in [-0.15, -0.1) is 0 Å². The van der Waals surface area contributed by atoms with Gasteiger partial charge in [-0.25, -0.2) is 4.98 Å². The number of rotatable bonds is 6. The number of amides is 1. The zero-order valence-electron chi connectivity index (χ0n) is 13.8. The molecule has 1 aliphatic carbocycles. The van der Waals surface area contributed by atoms with Gasteiger partial charge in [0.1, 0.15) is 11.9 Å². The highest BCUT2D eigenvalue weighted by Crippen LogP contribution is 2.26. The second-order valence-electron chi connectivity index (χ2n) is 6.85. The minimum Gasteiger partial charge on any atom is -0.352 e. The van der Waals surface area contributed by atoms with Crippen LogP contribution in [0.15, 0.2) is 42.7 Å². The summed E-state index contributed by atoms with van der Waals surface area (Å²) in [7, 11) is 0. The molecule has 5 nitrogen and oxygen atoms in total. The van der Waals surface area contributed by atoms with E-state index in [9.17, 15) is 4.79 Å². The van der Waals surface area contributed by atoms with Gasteiger partial charge in [0.15, 0.2) is 0 Å². The Labute approximate surface area is 142 Å². The smallest absolute Gasteiger partial charge is 0.241 e. The molecule has 1 aromatic heterocycles. The van der Waals surface area contributed by atoms with E-state index in [0.717, 1.165) is 43.7 Å². The molecule has 2 heterocycles. The maximum absolute atomic E-state index is 12.7. The van der Waals surface area contributed by atoms with Crippen molar-refractivity contribution in [2.75, 3.05) is 6.54 Å². The third-order valence-corrected chi connectivity index (χ3v) is 4.95. The number of hydrogen-bond donors (Lipinski definition) is 2. The van der Waals surface area contributed by atoms with Crippen molar-refractivity contribution in [3.63, 3.8) is 0 Å². The number of imidazole rings is 1. The molecule has 2 aromatic rings. The van der Waals surface area contributed by atoms with Crippen molar-refractivity contribution in [1.82, 2.24) is 20.2 Å². The lowest BCUT2D eigenvalue weighted by Crippen LogP contribution is -2.40. The van der Waals surface area contributed by atoms with E-state index >= 15 is 0 Å². The lowest BCUT2D eigenvalue weighted by Gasteiger charge is -2.26. The van der Waals surface area contributed by atoms with Crippen LogP contribution < -0.4 is 10.6 Å². The molecule has 24 heavy (non-hydrogen) atoms. The number of aromatic nitrogens is 2. The van der Waals surface area contributed by atoms with Crippen molar-refractivity contribution in [3.05, 3.63) is 54.1 Å². The van der Waals surface area contributed by atoms with Crippen LogP contribution in [0.5, 0.6) is 0 Å². The first kappa shape index (κ1) is 15.4. The Bertz CT molecular complexity index is 692. The van der Waals surface area contributed by atoms with Crippen LogP contribution in [-0.4, -0.2) is 28.0 Å². The Balaban J connectivity index is 1.47. The molecule has 1 aromatic carbocycles. The van der Waals surface area contributed by atoms with E-state index in [-0.39, 0.29) is 11.9 Å². The van der Waals surface area contributed by atoms with Crippen molar-refractivity contribution in [2.45, 2.75) is 50.2 Å². The zero-order valence-corrected chi connectivity index (χ0v) is 13.8. The standard InChI is InChI=1S/C19H24N4O/c24-19(22-16-8-9-16)17(14-5-2-1-3-6-14)21-13-15-7-4-11-23-12-10-20-18(15)23/h1-3,5-6,10,12,15-17,21H,4,7-9,11,13H2,(H,22,24)/t15-,17+/m1/s1. The van der Waals surface area contributed by atoms with Crippen LogP contribution in [0.25, 0.3) is 0 Å². The number of carbonyl (C=O) groups excluding carboxylic acids is 1. The maximum atomic E-state index is 12.7. The van der Waals surface area contributed by atoms with Crippen molar-refractivity contribution < 1.29 is 4.79 Å². The molecular formula is C19H24N4O. The molecule has 0 radical (unpaired) electrons. The van der Waals surface area contributed by atoms with Crippen LogP contribution >= 0.6 is 0 Å². The molecule has 0 spiro atoms. The first-order chi connectivity index (χ1) is 11.8. The molecule has 4 rings (SSSR count). The fourth-order valence-electron chi connectivity index (χ4n) is 3.48. The van der Waals surface area contributed by atoms with Gasteiger partial charge in [-0.3, -0.25) is 4.79 Å². The Morgan fingerprint density at radius 2 is 2.08 bits per heavy atom. The van der Waals surface area contributed by atoms with Gasteiger partial charge < -0.3 is 15.2 Å². The van der Waals surface area contributed by atoms with Crippen LogP contribution in [0, 0.1) is 0 Å². The third kappa shape index (κ3) is 3.36. The summed E-state index contributed by atoms with van der Waals surface area (Å²) in [5, 5.41) is 6.64. The number of nitrogens with one attached hydrogen (secondary N) is 2. The van der Waals surface area contributed by atoms with E-state index in [1.807, 2.05) is 36.5 Å². The zero-order chi connectivity index (χ0) is 16.4. The van der Waals surface area contributed by atoms with Gasteiger partial charge in [0.25, 0.3) is 0 Å². The average molecular weight is 324 g/mol. The van der Waals surface area contributed by atoms with Gasteiger partial charge in [-0.1, -0.05) is 30.3 Å². The highest BCUT2D eigenvalue weighted by molar-refractivity contribution is 5.83. The number of hydrogen-bond acceptors (Lipinski definition) is 3. The summed E-state index contributed by atoms with van der Waals surface area (Å²) >= 11 is 0. The molecule has 0 bridgehead atoms. The molecule has 0 saturated heterocycles. The normalized spacial score (nSPS) is 21.1. The van der Waals surface area contributed by atoms with Crippen LogP contribution in [0.2, 0.25) is 0 Å². The minimum atomic E-state index is -0.294. The third-order valence-electron chi connectivity index (χ3n) is 4.95. The topological polar surface area (TPSA) is 59.0 Å². The summed E-state index contributed by atoms with van der Waals surface area (Å²) in [6.07, 6.45) is 8.43. The fourth-order valence-corrected chi connectivity index (χ4v) is 3.48. The van der Waals surface area contributed by atoms with E-state index in [1.54, 1.807) is 0 Å². The van der Waals surface area contributed by atoms with Crippen LogP contribution in [0.4, 0.5) is 0 Å². The fraction of sp³-hybridized carbons (Fsp3) is 0.474. The van der Waals surface area contributed by atoms with E-state index < -0.39 is 0 Å². The summed E-state index contributed by atoms with van der Waals surface area (Å²) in [6.45, 7) is 1.82. The summed E-state index contributed by atoms with van der Waals surface area (Å²) in [6, 6.07) is 10.1. The van der Waals surface area contributed by atoms with Crippen molar-refractivity contribution >= 4 is 5.91 Å². The number of aryl methyl sites for hydroxylation is 1. The SMILES string of the molecule is O=C(NC1CC1)[C@@H](NC[C@H]1CCCn2ccnc21)c1ccccc1. The molecule has 1 saturated carbocycles. The van der Waals surface area contributed by atoms with Gasteiger partial charge in [0.2, 0.25) is 5.91 Å². The molecule has 0 unspecified atom stereocenters. The summed E-state index contributed by atoms with van der Waals surface area (Å²) < 4.78 is 2.23. The Hall–Kier alpha value is -2.14. The summed E-state index contributed by atoms with van der Waals surface area (Å²) in [5.41, 5.74) is 1.02. The van der Waals surface area contributed by atoms with Gasteiger partial charge >= 0.3 is 0 Å². The molecule has 5 heteroatoms. The van der Waals surface area contributed by atoms with Crippen molar-refractivity contribution in [3.8, 4) is 0 Å². The lowest BCUT2D eigenvalue weighted by atomic mass is 9.97. The molecule has 1 fully saturated rings. The first-order valence-electron chi connectivity index (χ1n) is 8.91. The highest BCUT2D eigenvalue weighted by Gasteiger charge is 2.29. The number of carbonyl (C=O) groups is 1. The summed E-state index contributed by atoms with van der Waals surface area (Å²) in [5.74, 6) is 1.60. The molecular weight excluding hydrogens is 300 g/mol. The van der Waals surface area contributed by atoms with Crippen molar-refractivity contribution in [1.29, 1.82) is 0 Å². The lowest BCUT2D eigenvalue weighted by molar-refractivity contribution is -0.123. The average Bonchev–Trinajstić information content (AvgIpc) is 3.28. The van der Waals surface area contributed by atoms with E-state index in [4.69, 9.17) is 0 Å². The molecule has 1 amide bonds. The molecule has 1 aliphatic heterocycles. The molecule has 2 aliphatic rings. The maximum Gasteiger partial charge on any atom is 0.241 e.